The lowest BCUT2D eigenvalue weighted by atomic mass is 9.92. The van der Waals surface area contributed by atoms with E-state index in [0.29, 0.717) is 11.9 Å². The summed E-state index contributed by atoms with van der Waals surface area (Å²) in [5.41, 5.74) is 0. The Hall–Kier alpha value is -0.570. The lowest BCUT2D eigenvalue weighted by Crippen LogP contribution is -2.53. The summed E-state index contributed by atoms with van der Waals surface area (Å²) in [5.74, 6) is 1.12. The SMILES string of the molecule is CC1CCN(C(=O)[C@@H]2CCCCN2)C(C)C1. The first kappa shape index (κ1) is 11.9. The van der Waals surface area contributed by atoms with Crippen LogP contribution >= 0.6 is 0 Å². The summed E-state index contributed by atoms with van der Waals surface area (Å²) in [4.78, 5) is 14.4. The number of likely N-dealkylation sites (tertiary alicyclic amines) is 1. The van der Waals surface area contributed by atoms with Crippen LogP contribution in [0.1, 0.15) is 46.0 Å². The topological polar surface area (TPSA) is 32.3 Å². The molecule has 0 aliphatic carbocycles. The monoisotopic (exact) mass is 224 g/mol. The lowest BCUT2D eigenvalue weighted by molar-refractivity contribution is -0.137. The second kappa shape index (κ2) is 5.17. The standard InChI is InChI=1S/C13H24N2O/c1-10-6-8-15(11(2)9-10)13(16)12-5-3-4-7-14-12/h10-12,14H,3-9H2,1-2H3/t10?,11?,12-/m0/s1. The predicted octanol–water partition coefficient (Wildman–Crippen LogP) is 1.78. The molecular weight excluding hydrogens is 200 g/mol. The first-order valence-electron chi connectivity index (χ1n) is 6.72. The summed E-state index contributed by atoms with van der Waals surface area (Å²) in [6.45, 7) is 6.45. The Kier molecular flexibility index (Phi) is 3.85. The highest BCUT2D eigenvalue weighted by molar-refractivity contribution is 5.82. The molecule has 0 aromatic heterocycles. The van der Waals surface area contributed by atoms with Crippen LogP contribution in [-0.2, 0) is 4.79 Å². The average Bonchev–Trinajstić information content (AvgIpc) is 2.29. The lowest BCUT2D eigenvalue weighted by Gasteiger charge is -2.39. The molecule has 2 aliphatic heterocycles. The van der Waals surface area contributed by atoms with E-state index in [9.17, 15) is 4.79 Å². The smallest absolute Gasteiger partial charge is 0.239 e. The van der Waals surface area contributed by atoms with E-state index in [0.717, 1.165) is 25.4 Å². The Morgan fingerprint density at radius 3 is 2.69 bits per heavy atom. The third kappa shape index (κ3) is 2.57. The third-order valence-electron chi connectivity index (χ3n) is 4.03. The van der Waals surface area contributed by atoms with Gasteiger partial charge in [0.2, 0.25) is 5.91 Å². The Bertz CT molecular complexity index is 248. The first-order chi connectivity index (χ1) is 7.68. The number of nitrogens with zero attached hydrogens (tertiary/aromatic N) is 1. The van der Waals surface area contributed by atoms with Crippen LogP contribution in [0.3, 0.4) is 0 Å². The van der Waals surface area contributed by atoms with Crippen molar-refractivity contribution in [1.29, 1.82) is 0 Å². The van der Waals surface area contributed by atoms with Crippen molar-refractivity contribution in [3.63, 3.8) is 0 Å². The minimum Gasteiger partial charge on any atom is -0.339 e. The van der Waals surface area contributed by atoms with Gasteiger partial charge in [0.15, 0.2) is 0 Å². The van der Waals surface area contributed by atoms with Crippen LogP contribution in [-0.4, -0.2) is 36.0 Å². The van der Waals surface area contributed by atoms with Crippen molar-refractivity contribution >= 4 is 5.91 Å². The molecule has 0 saturated carbocycles. The molecule has 1 N–H and O–H groups in total. The third-order valence-corrected chi connectivity index (χ3v) is 4.03. The zero-order valence-electron chi connectivity index (χ0n) is 10.5. The summed E-state index contributed by atoms with van der Waals surface area (Å²) >= 11 is 0. The van der Waals surface area contributed by atoms with E-state index in [-0.39, 0.29) is 6.04 Å². The molecule has 3 heteroatoms. The van der Waals surface area contributed by atoms with Crippen LogP contribution in [0, 0.1) is 5.92 Å². The fraction of sp³-hybridized carbons (Fsp3) is 0.923. The number of amides is 1. The van der Waals surface area contributed by atoms with Gasteiger partial charge in [-0.3, -0.25) is 4.79 Å². The van der Waals surface area contributed by atoms with Crippen molar-refractivity contribution in [2.75, 3.05) is 13.1 Å². The predicted molar refractivity (Wildman–Crippen MR) is 65.2 cm³/mol. The highest BCUT2D eigenvalue weighted by Crippen LogP contribution is 2.23. The van der Waals surface area contributed by atoms with Crippen LogP contribution in [0.15, 0.2) is 0 Å². The maximum Gasteiger partial charge on any atom is 0.239 e. The maximum atomic E-state index is 12.3. The van der Waals surface area contributed by atoms with Crippen molar-refractivity contribution in [3.8, 4) is 0 Å². The minimum absolute atomic E-state index is 0.101. The molecule has 0 bridgehead atoms. The van der Waals surface area contributed by atoms with E-state index in [1.807, 2.05) is 0 Å². The van der Waals surface area contributed by atoms with Gasteiger partial charge in [-0.15, -0.1) is 0 Å². The van der Waals surface area contributed by atoms with Gasteiger partial charge in [-0.25, -0.2) is 0 Å². The average molecular weight is 224 g/mol. The molecule has 2 fully saturated rings. The first-order valence-corrected chi connectivity index (χ1v) is 6.72. The zero-order valence-corrected chi connectivity index (χ0v) is 10.5. The molecule has 2 heterocycles. The van der Waals surface area contributed by atoms with Gasteiger partial charge < -0.3 is 10.2 Å². The highest BCUT2D eigenvalue weighted by Gasteiger charge is 2.31. The number of nitrogens with one attached hydrogen (secondary N) is 1. The number of rotatable bonds is 1. The van der Waals surface area contributed by atoms with Crippen molar-refractivity contribution in [1.82, 2.24) is 10.2 Å². The molecule has 2 unspecified atom stereocenters. The van der Waals surface area contributed by atoms with Crippen LogP contribution in [0.25, 0.3) is 0 Å². The van der Waals surface area contributed by atoms with Gasteiger partial charge in [0.05, 0.1) is 6.04 Å². The minimum atomic E-state index is 0.101. The molecule has 0 aromatic rings. The van der Waals surface area contributed by atoms with Gasteiger partial charge in [-0.05, 0) is 45.1 Å². The van der Waals surface area contributed by atoms with E-state index < -0.39 is 0 Å². The Morgan fingerprint density at radius 2 is 2.06 bits per heavy atom. The summed E-state index contributed by atoms with van der Waals surface area (Å²) in [5, 5.41) is 3.36. The van der Waals surface area contributed by atoms with E-state index >= 15 is 0 Å². The van der Waals surface area contributed by atoms with Crippen molar-refractivity contribution in [2.24, 2.45) is 5.92 Å². The number of carbonyl (C=O) groups is 1. The van der Waals surface area contributed by atoms with Crippen molar-refractivity contribution in [2.45, 2.75) is 58.0 Å². The molecule has 0 aromatic carbocycles. The Balaban J connectivity index is 1.92. The number of hydrogen-bond donors (Lipinski definition) is 1. The van der Waals surface area contributed by atoms with Crippen LogP contribution in [0.5, 0.6) is 0 Å². The van der Waals surface area contributed by atoms with Crippen molar-refractivity contribution in [3.05, 3.63) is 0 Å². The summed E-state index contributed by atoms with van der Waals surface area (Å²) in [7, 11) is 0. The molecule has 92 valence electrons. The molecule has 2 saturated heterocycles. The van der Waals surface area contributed by atoms with Crippen LogP contribution in [0.2, 0.25) is 0 Å². The molecule has 16 heavy (non-hydrogen) atoms. The highest BCUT2D eigenvalue weighted by atomic mass is 16.2. The summed E-state index contributed by atoms with van der Waals surface area (Å²) in [6, 6.07) is 0.532. The Morgan fingerprint density at radius 1 is 1.25 bits per heavy atom. The molecule has 0 spiro atoms. The number of piperidine rings is 2. The number of hydrogen-bond acceptors (Lipinski definition) is 2. The molecule has 3 atom stereocenters. The molecule has 3 nitrogen and oxygen atoms in total. The zero-order chi connectivity index (χ0) is 11.5. The molecule has 2 rings (SSSR count). The van der Waals surface area contributed by atoms with E-state index in [4.69, 9.17) is 0 Å². The van der Waals surface area contributed by atoms with Crippen LogP contribution in [0.4, 0.5) is 0 Å². The molecular formula is C13H24N2O. The summed E-state index contributed by atoms with van der Waals surface area (Å²) in [6.07, 6.45) is 5.78. The fourth-order valence-corrected chi connectivity index (χ4v) is 3.00. The van der Waals surface area contributed by atoms with Crippen molar-refractivity contribution < 1.29 is 4.79 Å². The fourth-order valence-electron chi connectivity index (χ4n) is 3.00. The van der Waals surface area contributed by atoms with Gasteiger partial charge >= 0.3 is 0 Å². The quantitative estimate of drug-likeness (QED) is 0.736. The Labute approximate surface area is 98.6 Å². The van der Waals surface area contributed by atoms with Gasteiger partial charge in [-0.2, -0.15) is 0 Å². The van der Waals surface area contributed by atoms with E-state index in [1.54, 1.807) is 0 Å². The van der Waals surface area contributed by atoms with Gasteiger partial charge in [0, 0.05) is 12.6 Å². The maximum absolute atomic E-state index is 12.3. The summed E-state index contributed by atoms with van der Waals surface area (Å²) < 4.78 is 0. The van der Waals surface area contributed by atoms with E-state index in [1.165, 1.54) is 25.7 Å². The molecule has 0 radical (unpaired) electrons. The van der Waals surface area contributed by atoms with Gasteiger partial charge in [-0.1, -0.05) is 13.3 Å². The van der Waals surface area contributed by atoms with Crippen LogP contribution < -0.4 is 5.32 Å². The second-order valence-electron chi connectivity index (χ2n) is 5.51. The molecule has 1 amide bonds. The number of carbonyl (C=O) groups excluding carboxylic acids is 1. The van der Waals surface area contributed by atoms with E-state index in [2.05, 4.69) is 24.1 Å². The van der Waals surface area contributed by atoms with Gasteiger partial charge in [0.1, 0.15) is 0 Å². The van der Waals surface area contributed by atoms with Gasteiger partial charge in [0.25, 0.3) is 0 Å². The molecule has 2 aliphatic rings. The second-order valence-corrected chi connectivity index (χ2v) is 5.51. The largest absolute Gasteiger partial charge is 0.339 e. The normalized spacial score (nSPS) is 36.1.